The summed E-state index contributed by atoms with van der Waals surface area (Å²) in [5, 5.41) is 8.57. The Bertz CT molecular complexity index is 265. The van der Waals surface area contributed by atoms with Crippen LogP contribution >= 0.6 is 0 Å². The third kappa shape index (κ3) is 14.4. The molecular weight excluding hydrogens is 265 g/mol. The summed E-state index contributed by atoms with van der Waals surface area (Å²) >= 11 is 0. The Morgan fingerprint density at radius 3 is 1.85 bits per heavy atom. The molecule has 0 rings (SSSR count). The number of rotatable bonds is 12. The van der Waals surface area contributed by atoms with E-state index in [1.165, 1.54) is 49.8 Å². The fourth-order valence-electron chi connectivity index (χ4n) is 2.07. The Labute approximate surface area is 147 Å². The van der Waals surface area contributed by atoms with Gasteiger partial charge in [0.2, 0.25) is 5.91 Å². The molecule has 5 heteroatoms. The number of hydrogen-bond acceptors (Lipinski definition) is 2. The molecule has 4 nitrogen and oxygen atoms in total. The first-order valence-corrected chi connectivity index (χ1v) is 7.53. The van der Waals surface area contributed by atoms with Crippen LogP contribution in [0.25, 0.3) is 0 Å². The van der Waals surface area contributed by atoms with E-state index in [4.69, 9.17) is 5.11 Å². The van der Waals surface area contributed by atoms with Crippen LogP contribution in [0.15, 0.2) is 0 Å². The van der Waals surface area contributed by atoms with Crippen molar-refractivity contribution >= 4 is 11.9 Å². The summed E-state index contributed by atoms with van der Waals surface area (Å²) in [5.74, 6) is -1.02. The van der Waals surface area contributed by atoms with E-state index in [2.05, 4.69) is 6.92 Å². The van der Waals surface area contributed by atoms with E-state index in [-0.39, 0.29) is 43.4 Å². The Morgan fingerprint density at radius 2 is 1.40 bits per heavy atom. The van der Waals surface area contributed by atoms with Crippen LogP contribution in [-0.4, -0.2) is 35.5 Å². The second kappa shape index (κ2) is 15.3. The average molecular weight is 295 g/mol. The molecule has 114 valence electrons. The fourth-order valence-corrected chi connectivity index (χ4v) is 2.07. The van der Waals surface area contributed by atoms with Gasteiger partial charge in [0.1, 0.15) is 6.54 Å². The topological polar surface area (TPSA) is 57.6 Å². The molecule has 0 aromatic carbocycles. The normalized spacial score (nSPS) is 9.90. The smallest absolute Gasteiger partial charge is 1.00 e. The van der Waals surface area contributed by atoms with Crippen molar-refractivity contribution in [2.24, 2.45) is 0 Å². The van der Waals surface area contributed by atoms with Crippen molar-refractivity contribution in [1.82, 2.24) is 4.90 Å². The first-order valence-electron chi connectivity index (χ1n) is 7.53. The molecule has 0 aromatic heterocycles. The SMILES string of the molecule is CCCCCCCCCCCC(=O)N(C)CC(=O)O.[H-].[Na+]. The zero-order valence-corrected chi connectivity index (χ0v) is 15.5. The first kappa shape index (κ1) is 22.2. The molecule has 0 bridgehead atoms. The molecule has 0 saturated carbocycles. The summed E-state index contributed by atoms with van der Waals surface area (Å²) in [6.45, 7) is 2.02. The number of carbonyl (C=O) groups is 2. The number of nitrogens with zero attached hydrogens (tertiary/aromatic N) is 1. The third-order valence-electron chi connectivity index (χ3n) is 3.29. The zero-order chi connectivity index (χ0) is 14.5. The molecule has 0 saturated heterocycles. The Morgan fingerprint density at radius 1 is 0.950 bits per heavy atom. The summed E-state index contributed by atoms with van der Waals surface area (Å²) < 4.78 is 0. The van der Waals surface area contributed by atoms with Crippen LogP contribution in [0.3, 0.4) is 0 Å². The van der Waals surface area contributed by atoms with Crippen LogP contribution in [-0.2, 0) is 9.59 Å². The molecule has 0 aromatic rings. The first-order chi connectivity index (χ1) is 9.07. The van der Waals surface area contributed by atoms with E-state index in [0.717, 1.165) is 12.8 Å². The molecule has 0 aliphatic carbocycles. The van der Waals surface area contributed by atoms with Crippen LogP contribution in [0.5, 0.6) is 0 Å². The van der Waals surface area contributed by atoms with Crippen molar-refractivity contribution in [2.45, 2.75) is 71.1 Å². The quantitative estimate of drug-likeness (QED) is 0.423. The summed E-state index contributed by atoms with van der Waals surface area (Å²) in [4.78, 5) is 23.3. The predicted octanol–water partition coefficient (Wildman–Crippen LogP) is 0.567. The van der Waals surface area contributed by atoms with Crippen LogP contribution in [0, 0.1) is 0 Å². The maximum atomic E-state index is 11.5. The number of carboxylic acids is 1. The summed E-state index contributed by atoms with van der Waals surface area (Å²) in [6, 6.07) is 0. The zero-order valence-electron chi connectivity index (χ0n) is 14.5. The molecule has 0 heterocycles. The largest absolute Gasteiger partial charge is 1.00 e. The van der Waals surface area contributed by atoms with E-state index in [1.54, 1.807) is 7.05 Å². The van der Waals surface area contributed by atoms with Crippen LogP contribution in [0.1, 0.15) is 72.6 Å². The predicted molar refractivity (Wildman–Crippen MR) is 78.2 cm³/mol. The maximum absolute atomic E-state index is 11.5. The van der Waals surface area contributed by atoms with Gasteiger partial charge in [0.05, 0.1) is 0 Å². The minimum atomic E-state index is -0.956. The van der Waals surface area contributed by atoms with Gasteiger partial charge in [0.25, 0.3) is 0 Å². The minimum Gasteiger partial charge on any atom is -1.00 e. The molecule has 0 aliphatic heterocycles. The van der Waals surface area contributed by atoms with Crippen LogP contribution in [0.4, 0.5) is 0 Å². The summed E-state index contributed by atoms with van der Waals surface area (Å²) in [5.41, 5.74) is 0. The van der Waals surface area contributed by atoms with Gasteiger partial charge in [-0.15, -0.1) is 0 Å². The minimum absolute atomic E-state index is 0. The van der Waals surface area contributed by atoms with Gasteiger partial charge in [-0.05, 0) is 6.42 Å². The Hall–Kier alpha value is -0.0600. The molecule has 1 N–H and O–H groups in total. The second-order valence-electron chi connectivity index (χ2n) is 5.22. The second-order valence-corrected chi connectivity index (χ2v) is 5.22. The molecule has 1 amide bonds. The molecular formula is C15H30NNaO3. The van der Waals surface area contributed by atoms with Crippen molar-refractivity contribution in [1.29, 1.82) is 0 Å². The Balaban J connectivity index is -0.00000162. The number of carbonyl (C=O) groups excluding carboxylic acids is 1. The van der Waals surface area contributed by atoms with Crippen LogP contribution in [0.2, 0.25) is 0 Å². The van der Waals surface area contributed by atoms with E-state index in [9.17, 15) is 9.59 Å². The third-order valence-corrected chi connectivity index (χ3v) is 3.29. The van der Waals surface area contributed by atoms with Crippen molar-refractivity contribution < 1.29 is 45.7 Å². The van der Waals surface area contributed by atoms with E-state index in [1.807, 2.05) is 0 Å². The Kier molecular flexibility index (Phi) is 17.0. The molecule has 0 unspecified atom stereocenters. The summed E-state index contributed by atoms with van der Waals surface area (Å²) in [7, 11) is 1.55. The molecule has 20 heavy (non-hydrogen) atoms. The van der Waals surface area contributed by atoms with Gasteiger partial charge in [0, 0.05) is 13.5 Å². The van der Waals surface area contributed by atoms with Gasteiger partial charge in [-0.3, -0.25) is 9.59 Å². The van der Waals surface area contributed by atoms with Gasteiger partial charge in [-0.1, -0.05) is 58.3 Å². The van der Waals surface area contributed by atoms with Crippen LogP contribution < -0.4 is 29.6 Å². The van der Waals surface area contributed by atoms with Gasteiger partial charge < -0.3 is 11.4 Å². The average Bonchev–Trinajstić information content (AvgIpc) is 2.35. The molecule has 0 atom stereocenters. The number of amides is 1. The van der Waals surface area contributed by atoms with Gasteiger partial charge in [0.15, 0.2) is 0 Å². The number of unbranched alkanes of at least 4 members (excludes halogenated alkanes) is 8. The van der Waals surface area contributed by atoms with Gasteiger partial charge >= 0.3 is 35.5 Å². The molecule has 0 aliphatic rings. The molecule has 0 spiro atoms. The number of carboxylic acid groups (broad SMARTS) is 1. The monoisotopic (exact) mass is 295 g/mol. The van der Waals surface area contributed by atoms with Crippen molar-refractivity contribution in [3.05, 3.63) is 0 Å². The molecule has 0 fully saturated rings. The number of hydrogen-bond donors (Lipinski definition) is 1. The number of likely N-dealkylation sites (N-methyl/N-ethyl adjacent to an activating group) is 1. The number of aliphatic carboxylic acids is 1. The maximum Gasteiger partial charge on any atom is 1.00 e. The van der Waals surface area contributed by atoms with Crippen molar-refractivity contribution in [2.75, 3.05) is 13.6 Å². The molecule has 0 radical (unpaired) electrons. The van der Waals surface area contributed by atoms with E-state index >= 15 is 0 Å². The summed E-state index contributed by atoms with van der Waals surface area (Å²) in [6.07, 6.45) is 11.4. The van der Waals surface area contributed by atoms with Crippen molar-refractivity contribution in [3.63, 3.8) is 0 Å². The van der Waals surface area contributed by atoms with E-state index in [0.29, 0.717) is 6.42 Å². The van der Waals surface area contributed by atoms with Crippen molar-refractivity contribution in [3.8, 4) is 0 Å². The van der Waals surface area contributed by atoms with E-state index < -0.39 is 5.97 Å². The van der Waals surface area contributed by atoms with Gasteiger partial charge in [-0.25, -0.2) is 0 Å². The fraction of sp³-hybridized carbons (Fsp3) is 0.867. The van der Waals surface area contributed by atoms with Gasteiger partial charge in [-0.2, -0.15) is 0 Å². The standard InChI is InChI=1S/C15H29NO3.Na.H/c1-3-4-5-6-7-8-9-10-11-12-14(17)16(2)13-15(18)19;;/h3-13H2,1-2H3,(H,18,19);;/q;+1;-1.